The van der Waals surface area contributed by atoms with Crippen LogP contribution in [0.15, 0.2) is 16.6 Å². The van der Waals surface area contributed by atoms with Crippen molar-refractivity contribution < 1.29 is 0 Å². The van der Waals surface area contributed by atoms with Gasteiger partial charge in [-0.1, -0.05) is 22.0 Å². The minimum atomic E-state index is 0.168. The summed E-state index contributed by atoms with van der Waals surface area (Å²) in [6.07, 6.45) is 4.66. The lowest BCUT2D eigenvalue weighted by Gasteiger charge is -2.14. The normalized spacial score (nSPS) is 17.9. The fourth-order valence-corrected chi connectivity index (χ4v) is 2.40. The van der Waals surface area contributed by atoms with E-state index in [9.17, 15) is 0 Å². The summed E-state index contributed by atoms with van der Waals surface area (Å²) in [4.78, 5) is 0. The molecule has 15 heavy (non-hydrogen) atoms. The van der Waals surface area contributed by atoms with Crippen LogP contribution < -0.4 is 5.73 Å². The van der Waals surface area contributed by atoms with Crippen molar-refractivity contribution in [1.82, 2.24) is 0 Å². The number of hydrogen-bond acceptors (Lipinski definition) is 1. The predicted molar refractivity (Wildman–Crippen MR) is 68.1 cm³/mol. The van der Waals surface area contributed by atoms with Crippen LogP contribution in [-0.2, 0) is 6.42 Å². The Morgan fingerprint density at radius 3 is 2.60 bits per heavy atom. The highest BCUT2D eigenvalue weighted by molar-refractivity contribution is 9.10. The molecule has 1 aliphatic carbocycles. The molecule has 0 aromatic heterocycles. The van der Waals surface area contributed by atoms with Gasteiger partial charge < -0.3 is 5.73 Å². The Labute approximate surface area is 100 Å². The SMILES string of the molecule is Cc1ccc(Br)c(C)c1CCC1(N)CC1. The van der Waals surface area contributed by atoms with Gasteiger partial charge in [-0.25, -0.2) is 0 Å². The van der Waals surface area contributed by atoms with Gasteiger partial charge in [0, 0.05) is 10.0 Å². The van der Waals surface area contributed by atoms with Crippen molar-refractivity contribution in [1.29, 1.82) is 0 Å². The summed E-state index contributed by atoms with van der Waals surface area (Å²) in [6, 6.07) is 4.31. The number of hydrogen-bond donors (Lipinski definition) is 1. The number of benzene rings is 1. The molecule has 0 bridgehead atoms. The van der Waals surface area contributed by atoms with Gasteiger partial charge >= 0.3 is 0 Å². The molecule has 0 aliphatic heterocycles. The molecular weight excluding hydrogens is 250 g/mol. The molecule has 0 radical (unpaired) electrons. The maximum atomic E-state index is 6.12. The lowest BCUT2D eigenvalue weighted by Crippen LogP contribution is -2.22. The zero-order valence-corrected chi connectivity index (χ0v) is 11.0. The molecule has 2 heteroatoms. The summed E-state index contributed by atoms with van der Waals surface area (Å²) in [6.45, 7) is 4.37. The second-order valence-corrected chi connectivity index (χ2v) is 5.68. The highest BCUT2D eigenvalue weighted by atomic mass is 79.9. The first-order chi connectivity index (χ1) is 7.02. The van der Waals surface area contributed by atoms with Crippen molar-refractivity contribution >= 4 is 15.9 Å². The molecule has 0 unspecified atom stereocenters. The van der Waals surface area contributed by atoms with E-state index in [1.807, 2.05) is 0 Å². The Bertz CT molecular complexity index is 380. The van der Waals surface area contributed by atoms with Crippen LogP contribution in [0.5, 0.6) is 0 Å². The van der Waals surface area contributed by atoms with Gasteiger partial charge in [-0.05, 0) is 62.3 Å². The van der Waals surface area contributed by atoms with Crippen LogP contribution >= 0.6 is 15.9 Å². The van der Waals surface area contributed by atoms with Gasteiger partial charge in [0.2, 0.25) is 0 Å². The average Bonchev–Trinajstić information content (AvgIpc) is 2.91. The van der Waals surface area contributed by atoms with Crippen molar-refractivity contribution in [3.8, 4) is 0 Å². The summed E-state index contributed by atoms with van der Waals surface area (Å²) in [5.74, 6) is 0. The minimum absolute atomic E-state index is 0.168. The maximum Gasteiger partial charge on any atom is 0.0207 e. The van der Waals surface area contributed by atoms with Crippen molar-refractivity contribution in [3.63, 3.8) is 0 Å². The van der Waals surface area contributed by atoms with Crippen molar-refractivity contribution in [2.75, 3.05) is 0 Å². The first kappa shape index (κ1) is 11.2. The van der Waals surface area contributed by atoms with Crippen LogP contribution in [0.4, 0.5) is 0 Å². The molecule has 0 amide bonds. The van der Waals surface area contributed by atoms with Gasteiger partial charge in [0.25, 0.3) is 0 Å². The second-order valence-electron chi connectivity index (χ2n) is 4.83. The Morgan fingerprint density at radius 2 is 2.00 bits per heavy atom. The average molecular weight is 268 g/mol. The second kappa shape index (κ2) is 3.91. The van der Waals surface area contributed by atoms with Crippen LogP contribution in [0.2, 0.25) is 0 Å². The van der Waals surface area contributed by atoms with Gasteiger partial charge in [-0.2, -0.15) is 0 Å². The molecule has 0 atom stereocenters. The lowest BCUT2D eigenvalue weighted by atomic mass is 9.96. The van der Waals surface area contributed by atoms with Crippen molar-refractivity contribution in [2.45, 2.75) is 45.1 Å². The van der Waals surface area contributed by atoms with Gasteiger partial charge in [-0.3, -0.25) is 0 Å². The summed E-state index contributed by atoms with van der Waals surface area (Å²) in [5.41, 5.74) is 10.5. The van der Waals surface area contributed by atoms with Crippen molar-refractivity contribution in [2.24, 2.45) is 5.73 Å². The molecule has 1 aromatic rings. The Morgan fingerprint density at radius 1 is 1.33 bits per heavy atom. The third-order valence-corrected chi connectivity index (χ3v) is 4.39. The zero-order valence-electron chi connectivity index (χ0n) is 9.44. The predicted octanol–water partition coefficient (Wildman–Crippen LogP) is 3.49. The van der Waals surface area contributed by atoms with E-state index < -0.39 is 0 Å². The molecule has 1 aliphatic rings. The van der Waals surface area contributed by atoms with E-state index in [1.165, 1.54) is 34.0 Å². The fourth-order valence-electron chi connectivity index (χ4n) is 2.03. The van der Waals surface area contributed by atoms with E-state index in [2.05, 4.69) is 41.9 Å². The van der Waals surface area contributed by atoms with E-state index in [-0.39, 0.29) is 5.54 Å². The van der Waals surface area contributed by atoms with Crippen molar-refractivity contribution in [3.05, 3.63) is 33.3 Å². The lowest BCUT2D eigenvalue weighted by molar-refractivity contribution is 0.607. The van der Waals surface area contributed by atoms with Crippen LogP contribution in [0.1, 0.15) is 36.0 Å². The molecule has 2 N–H and O–H groups in total. The molecule has 1 aromatic carbocycles. The molecule has 0 spiro atoms. The summed E-state index contributed by atoms with van der Waals surface area (Å²) < 4.78 is 1.21. The van der Waals surface area contributed by atoms with E-state index in [1.54, 1.807) is 0 Å². The highest BCUT2D eigenvalue weighted by Crippen LogP contribution is 2.37. The monoisotopic (exact) mass is 267 g/mol. The first-order valence-corrected chi connectivity index (χ1v) is 6.35. The summed E-state index contributed by atoms with van der Waals surface area (Å²) in [7, 11) is 0. The van der Waals surface area contributed by atoms with Crippen LogP contribution in [0, 0.1) is 13.8 Å². The maximum absolute atomic E-state index is 6.12. The topological polar surface area (TPSA) is 26.0 Å². The largest absolute Gasteiger partial charge is 0.325 e. The number of halogens is 1. The van der Waals surface area contributed by atoms with E-state index in [4.69, 9.17) is 5.73 Å². The molecular formula is C13H18BrN. The van der Waals surface area contributed by atoms with E-state index in [0.29, 0.717) is 0 Å². The smallest absolute Gasteiger partial charge is 0.0207 e. The Kier molecular flexibility index (Phi) is 2.91. The molecule has 0 heterocycles. The number of rotatable bonds is 3. The van der Waals surface area contributed by atoms with E-state index >= 15 is 0 Å². The first-order valence-electron chi connectivity index (χ1n) is 5.55. The molecule has 82 valence electrons. The van der Waals surface area contributed by atoms with Crippen LogP contribution in [0.3, 0.4) is 0 Å². The Balaban J connectivity index is 2.16. The van der Waals surface area contributed by atoms with Gasteiger partial charge in [0.05, 0.1) is 0 Å². The fraction of sp³-hybridized carbons (Fsp3) is 0.538. The quantitative estimate of drug-likeness (QED) is 0.892. The summed E-state index contributed by atoms with van der Waals surface area (Å²) in [5, 5.41) is 0. The number of aryl methyl sites for hydroxylation is 1. The zero-order chi connectivity index (χ0) is 11.1. The molecule has 1 fully saturated rings. The highest BCUT2D eigenvalue weighted by Gasteiger charge is 2.37. The Hall–Kier alpha value is -0.340. The van der Waals surface area contributed by atoms with Gasteiger partial charge in [-0.15, -0.1) is 0 Å². The van der Waals surface area contributed by atoms with Crippen LogP contribution in [-0.4, -0.2) is 5.54 Å². The molecule has 2 rings (SSSR count). The third-order valence-electron chi connectivity index (χ3n) is 3.53. The standard InChI is InChI=1S/C13H18BrN/c1-9-3-4-12(14)10(2)11(9)5-6-13(15)7-8-13/h3-4H,5-8,15H2,1-2H3. The molecule has 1 saturated carbocycles. The minimum Gasteiger partial charge on any atom is -0.325 e. The van der Waals surface area contributed by atoms with Crippen LogP contribution in [0.25, 0.3) is 0 Å². The van der Waals surface area contributed by atoms with Gasteiger partial charge in [0.1, 0.15) is 0 Å². The summed E-state index contributed by atoms with van der Waals surface area (Å²) >= 11 is 3.59. The molecule has 0 saturated heterocycles. The number of nitrogens with two attached hydrogens (primary N) is 1. The molecule has 1 nitrogen and oxygen atoms in total. The van der Waals surface area contributed by atoms with Gasteiger partial charge in [0.15, 0.2) is 0 Å². The van der Waals surface area contributed by atoms with E-state index in [0.717, 1.165) is 12.8 Å². The third kappa shape index (κ3) is 2.43.